The van der Waals surface area contributed by atoms with Gasteiger partial charge in [0.1, 0.15) is 0 Å². The lowest BCUT2D eigenvalue weighted by Gasteiger charge is -2.15. The van der Waals surface area contributed by atoms with E-state index in [-0.39, 0.29) is 0 Å². The van der Waals surface area contributed by atoms with E-state index in [1.54, 1.807) is 19.0 Å². The van der Waals surface area contributed by atoms with Gasteiger partial charge in [-0.25, -0.2) is 0 Å². The molecule has 1 aromatic rings. The highest BCUT2D eigenvalue weighted by Gasteiger charge is 2.18. The second-order valence-corrected chi connectivity index (χ2v) is 3.19. The molecule has 0 saturated heterocycles. The van der Waals surface area contributed by atoms with Crippen molar-refractivity contribution in [3.8, 4) is 0 Å². The van der Waals surface area contributed by atoms with Crippen LogP contribution < -0.4 is 4.90 Å². The predicted octanol–water partition coefficient (Wildman–Crippen LogP) is 2.11. The van der Waals surface area contributed by atoms with Gasteiger partial charge in [-0.1, -0.05) is 0 Å². The fraction of sp³-hybridized carbons (Fsp3) is 0.333. The molecule has 0 atom stereocenters. The van der Waals surface area contributed by atoms with Gasteiger partial charge in [0.05, 0.1) is 4.92 Å². The van der Waals surface area contributed by atoms with Crippen LogP contribution >= 0.6 is 0 Å². The number of anilines is 1. The molecule has 76 valence electrons. The first-order chi connectivity index (χ1) is 6.45. The van der Waals surface area contributed by atoms with E-state index in [0.29, 0.717) is 11.3 Å². The number of benzene rings is 1. The van der Waals surface area contributed by atoms with Crippen LogP contribution in [0.3, 0.4) is 0 Å². The Morgan fingerprint density at radius 2 is 2.00 bits per heavy atom. The standard InChI is InChI=1S/C9H11FN2O2/c1-6-7(11(2)3)4-5-8(9(6)10)12(13)14/h4-5H,1-3H3. The van der Waals surface area contributed by atoms with Crippen molar-refractivity contribution in [3.63, 3.8) is 0 Å². The average molecular weight is 198 g/mol. The van der Waals surface area contributed by atoms with Gasteiger partial charge in [0.2, 0.25) is 5.82 Å². The van der Waals surface area contributed by atoms with Crippen LogP contribution in [-0.2, 0) is 0 Å². The Bertz CT molecular complexity index is 377. The van der Waals surface area contributed by atoms with Gasteiger partial charge in [-0.15, -0.1) is 0 Å². The highest BCUT2D eigenvalue weighted by molar-refractivity contribution is 5.57. The third kappa shape index (κ3) is 1.66. The van der Waals surface area contributed by atoms with Crippen LogP contribution in [-0.4, -0.2) is 19.0 Å². The second-order valence-electron chi connectivity index (χ2n) is 3.19. The first-order valence-corrected chi connectivity index (χ1v) is 4.06. The van der Waals surface area contributed by atoms with Gasteiger partial charge in [-0.3, -0.25) is 10.1 Å². The van der Waals surface area contributed by atoms with E-state index in [1.807, 2.05) is 0 Å². The van der Waals surface area contributed by atoms with E-state index in [9.17, 15) is 14.5 Å². The molecule has 0 N–H and O–H groups in total. The zero-order chi connectivity index (χ0) is 10.9. The van der Waals surface area contributed by atoms with Crippen molar-refractivity contribution >= 4 is 11.4 Å². The number of hydrogen-bond donors (Lipinski definition) is 0. The number of hydrogen-bond acceptors (Lipinski definition) is 3. The molecule has 0 aliphatic heterocycles. The fourth-order valence-corrected chi connectivity index (χ4v) is 1.29. The second kappa shape index (κ2) is 3.61. The summed E-state index contributed by atoms with van der Waals surface area (Å²) < 4.78 is 13.4. The van der Waals surface area contributed by atoms with Gasteiger partial charge < -0.3 is 4.90 Å². The predicted molar refractivity (Wildman–Crippen MR) is 52.1 cm³/mol. The van der Waals surface area contributed by atoms with Crippen LogP contribution in [0.5, 0.6) is 0 Å². The quantitative estimate of drug-likeness (QED) is 0.540. The molecule has 0 aromatic heterocycles. The molecule has 5 heteroatoms. The SMILES string of the molecule is Cc1c(N(C)C)ccc([N+](=O)[O-])c1F. The molecule has 0 amide bonds. The minimum Gasteiger partial charge on any atom is -0.377 e. The van der Waals surface area contributed by atoms with Crippen LogP contribution in [0, 0.1) is 22.9 Å². The molecule has 0 heterocycles. The molecule has 1 aromatic carbocycles. The van der Waals surface area contributed by atoms with Crippen LogP contribution in [0.1, 0.15) is 5.56 Å². The first-order valence-electron chi connectivity index (χ1n) is 4.06. The van der Waals surface area contributed by atoms with Gasteiger partial charge >= 0.3 is 5.69 Å². The van der Waals surface area contributed by atoms with Crippen molar-refractivity contribution in [1.29, 1.82) is 0 Å². The summed E-state index contributed by atoms with van der Waals surface area (Å²) in [4.78, 5) is 11.4. The summed E-state index contributed by atoms with van der Waals surface area (Å²) in [7, 11) is 3.52. The van der Waals surface area contributed by atoms with Crippen LogP contribution in [0.25, 0.3) is 0 Å². The van der Waals surface area contributed by atoms with Crippen molar-refractivity contribution in [2.75, 3.05) is 19.0 Å². The van der Waals surface area contributed by atoms with Crippen LogP contribution in [0.15, 0.2) is 12.1 Å². The molecule has 0 spiro atoms. The van der Waals surface area contributed by atoms with Crippen molar-refractivity contribution in [2.24, 2.45) is 0 Å². The summed E-state index contributed by atoms with van der Waals surface area (Å²) in [5, 5.41) is 10.4. The Morgan fingerprint density at radius 3 is 2.43 bits per heavy atom. The maximum absolute atomic E-state index is 13.4. The summed E-state index contributed by atoms with van der Waals surface area (Å²) in [6.45, 7) is 1.53. The van der Waals surface area contributed by atoms with Gasteiger partial charge in [-0.05, 0) is 13.0 Å². The summed E-state index contributed by atoms with van der Waals surface area (Å²) in [5.74, 6) is -0.763. The lowest BCUT2D eigenvalue weighted by atomic mass is 10.1. The smallest absolute Gasteiger partial charge is 0.305 e. The minimum absolute atomic E-state index is 0.296. The Balaban J connectivity index is 3.33. The van der Waals surface area contributed by atoms with Crippen molar-refractivity contribution < 1.29 is 9.31 Å². The zero-order valence-electron chi connectivity index (χ0n) is 8.24. The molecule has 14 heavy (non-hydrogen) atoms. The van der Waals surface area contributed by atoms with Gasteiger partial charge in [0.15, 0.2) is 0 Å². The Morgan fingerprint density at radius 1 is 1.43 bits per heavy atom. The lowest BCUT2D eigenvalue weighted by molar-refractivity contribution is -0.387. The van der Waals surface area contributed by atoms with Crippen molar-refractivity contribution in [1.82, 2.24) is 0 Å². The number of nitrogens with zero attached hydrogens (tertiary/aromatic N) is 2. The van der Waals surface area contributed by atoms with E-state index in [4.69, 9.17) is 0 Å². The van der Waals surface area contributed by atoms with Gasteiger partial charge in [-0.2, -0.15) is 4.39 Å². The number of halogens is 1. The molecule has 0 bridgehead atoms. The molecule has 1 rings (SSSR count). The Labute approximate surface area is 81.1 Å². The summed E-state index contributed by atoms with van der Waals surface area (Å²) in [6, 6.07) is 2.72. The molecule has 0 aliphatic rings. The molecule has 0 unspecified atom stereocenters. The molecule has 0 radical (unpaired) electrons. The van der Waals surface area contributed by atoms with E-state index >= 15 is 0 Å². The Kier molecular flexibility index (Phi) is 2.69. The summed E-state index contributed by atoms with van der Waals surface area (Å²) in [6.07, 6.45) is 0. The average Bonchev–Trinajstić information content (AvgIpc) is 2.08. The van der Waals surface area contributed by atoms with E-state index in [0.717, 1.165) is 0 Å². The van der Waals surface area contributed by atoms with Gasteiger partial charge in [0.25, 0.3) is 0 Å². The van der Waals surface area contributed by atoms with Crippen LogP contribution in [0.4, 0.5) is 15.8 Å². The molecule has 0 aliphatic carbocycles. The fourth-order valence-electron chi connectivity index (χ4n) is 1.29. The number of nitro benzene ring substituents is 1. The number of rotatable bonds is 2. The normalized spacial score (nSPS) is 10.0. The van der Waals surface area contributed by atoms with E-state index < -0.39 is 16.4 Å². The molecule has 0 fully saturated rings. The van der Waals surface area contributed by atoms with Crippen molar-refractivity contribution in [2.45, 2.75) is 6.92 Å². The zero-order valence-corrected chi connectivity index (χ0v) is 8.24. The minimum atomic E-state index is -0.763. The maximum Gasteiger partial charge on any atom is 0.305 e. The topological polar surface area (TPSA) is 46.4 Å². The molecule has 0 saturated carbocycles. The summed E-state index contributed by atoms with van der Waals surface area (Å²) in [5.41, 5.74) is 0.463. The monoisotopic (exact) mass is 198 g/mol. The van der Waals surface area contributed by atoms with E-state index in [2.05, 4.69) is 0 Å². The third-order valence-electron chi connectivity index (χ3n) is 2.02. The van der Waals surface area contributed by atoms with Crippen LogP contribution in [0.2, 0.25) is 0 Å². The largest absolute Gasteiger partial charge is 0.377 e. The number of nitro groups is 1. The van der Waals surface area contributed by atoms with Gasteiger partial charge in [0, 0.05) is 31.4 Å². The first kappa shape index (κ1) is 10.4. The maximum atomic E-state index is 13.4. The van der Waals surface area contributed by atoms with E-state index in [1.165, 1.54) is 19.1 Å². The lowest BCUT2D eigenvalue weighted by Crippen LogP contribution is -2.11. The molecule has 4 nitrogen and oxygen atoms in total. The Hall–Kier alpha value is -1.65. The molecular formula is C9H11FN2O2. The summed E-state index contributed by atoms with van der Waals surface area (Å²) >= 11 is 0. The third-order valence-corrected chi connectivity index (χ3v) is 2.02. The molecular weight excluding hydrogens is 187 g/mol. The highest BCUT2D eigenvalue weighted by atomic mass is 19.1. The highest BCUT2D eigenvalue weighted by Crippen LogP contribution is 2.27. The van der Waals surface area contributed by atoms with Crippen molar-refractivity contribution in [3.05, 3.63) is 33.6 Å².